The molecule has 5 heteroatoms. The number of amides is 1. The largest absolute Gasteiger partial charge is 0.491 e. The van der Waals surface area contributed by atoms with Crippen LogP contribution in [-0.4, -0.2) is 35.8 Å². The number of benzene rings is 1. The molecule has 1 amide bonds. The maximum Gasteiger partial charge on any atom is 0.237 e. The predicted molar refractivity (Wildman–Crippen MR) is 95.0 cm³/mol. The number of carbonyl (C=O) groups is 1. The average Bonchev–Trinajstić information content (AvgIpc) is 3.01. The molecule has 0 saturated heterocycles. The molecule has 4 N–H and O–H groups in total. The molecule has 5 nitrogen and oxygen atoms in total. The lowest BCUT2D eigenvalue weighted by Gasteiger charge is -2.28. The zero-order valence-electron chi connectivity index (χ0n) is 15.0. The maximum atomic E-state index is 11.7. The highest BCUT2D eigenvalue weighted by Gasteiger charge is 2.39. The fourth-order valence-corrected chi connectivity index (χ4v) is 3.10. The van der Waals surface area contributed by atoms with Gasteiger partial charge < -0.3 is 20.9 Å². The van der Waals surface area contributed by atoms with Gasteiger partial charge in [0.25, 0.3) is 0 Å². The van der Waals surface area contributed by atoms with Crippen LogP contribution >= 0.6 is 0 Å². The highest BCUT2D eigenvalue weighted by molar-refractivity contribution is 5.85. The summed E-state index contributed by atoms with van der Waals surface area (Å²) in [7, 11) is 0. The molecule has 1 aromatic carbocycles. The Bertz CT molecular complexity index is 543. The molecule has 1 fully saturated rings. The second kappa shape index (κ2) is 7.53. The van der Waals surface area contributed by atoms with E-state index in [9.17, 15) is 9.90 Å². The molecule has 1 saturated carbocycles. The van der Waals surface area contributed by atoms with Crippen LogP contribution in [0.1, 0.15) is 52.0 Å². The van der Waals surface area contributed by atoms with Crippen molar-refractivity contribution < 1.29 is 14.6 Å². The van der Waals surface area contributed by atoms with Gasteiger partial charge in [-0.15, -0.1) is 0 Å². The zero-order chi connectivity index (χ0) is 17.8. The van der Waals surface area contributed by atoms with Crippen LogP contribution in [0.15, 0.2) is 24.3 Å². The molecule has 0 spiro atoms. The number of β-amino-alcohol motifs (C(OH)–C–C–N with tert-alkyl or cyclic N) is 1. The molecule has 1 unspecified atom stereocenters. The molecular weight excluding hydrogens is 304 g/mol. The fraction of sp³-hybridized carbons (Fsp3) is 0.632. The summed E-state index contributed by atoms with van der Waals surface area (Å²) in [6.45, 7) is 6.96. The fourth-order valence-electron chi connectivity index (χ4n) is 3.10. The highest BCUT2D eigenvalue weighted by Crippen LogP contribution is 2.29. The number of hydrogen-bond donors (Lipinski definition) is 3. The van der Waals surface area contributed by atoms with Gasteiger partial charge in [0.15, 0.2) is 0 Å². The lowest BCUT2D eigenvalue weighted by Crippen LogP contribution is -2.55. The minimum absolute atomic E-state index is 0.103. The number of nitrogens with two attached hydrogens (primary N) is 1. The van der Waals surface area contributed by atoms with E-state index in [-0.39, 0.29) is 17.9 Å². The van der Waals surface area contributed by atoms with Crippen molar-refractivity contribution in [3.8, 4) is 5.75 Å². The van der Waals surface area contributed by atoms with Gasteiger partial charge in [0, 0.05) is 6.54 Å². The predicted octanol–water partition coefficient (Wildman–Crippen LogP) is 2.11. The van der Waals surface area contributed by atoms with Crippen molar-refractivity contribution in [1.82, 2.24) is 5.32 Å². The SMILES string of the molecule is CC(C)(C)c1ccc(OCC(O)CNC2(C(N)=O)CCCC2)cc1. The van der Waals surface area contributed by atoms with E-state index in [1.54, 1.807) is 0 Å². The number of nitrogens with one attached hydrogen (secondary N) is 1. The highest BCUT2D eigenvalue weighted by atomic mass is 16.5. The smallest absolute Gasteiger partial charge is 0.237 e. The monoisotopic (exact) mass is 334 g/mol. The second-order valence-electron chi connectivity index (χ2n) is 7.77. The summed E-state index contributed by atoms with van der Waals surface area (Å²) in [6.07, 6.45) is 2.77. The van der Waals surface area contributed by atoms with Gasteiger partial charge in [0.2, 0.25) is 5.91 Å². The van der Waals surface area contributed by atoms with Gasteiger partial charge in [-0.1, -0.05) is 45.7 Å². The van der Waals surface area contributed by atoms with Crippen molar-refractivity contribution in [2.45, 2.75) is 63.5 Å². The number of aliphatic hydroxyl groups excluding tert-OH is 1. The summed E-state index contributed by atoms with van der Waals surface area (Å²) in [5, 5.41) is 13.3. The molecule has 24 heavy (non-hydrogen) atoms. The number of primary amides is 1. The van der Waals surface area contributed by atoms with E-state index < -0.39 is 11.6 Å². The van der Waals surface area contributed by atoms with Crippen LogP contribution in [0.25, 0.3) is 0 Å². The first-order chi connectivity index (χ1) is 11.2. The molecule has 1 aromatic rings. The molecule has 1 atom stereocenters. The minimum atomic E-state index is -0.691. The van der Waals surface area contributed by atoms with Gasteiger partial charge in [-0.05, 0) is 36.0 Å². The zero-order valence-corrected chi connectivity index (χ0v) is 15.0. The van der Waals surface area contributed by atoms with Crippen LogP contribution in [0.2, 0.25) is 0 Å². The Morgan fingerprint density at radius 3 is 2.38 bits per heavy atom. The normalized spacial score (nSPS) is 18.3. The number of carbonyl (C=O) groups excluding carboxylic acids is 1. The quantitative estimate of drug-likeness (QED) is 0.713. The Morgan fingerprint density at radius 1 is 1.29 bits per heavy atom. The summed E-state index contributed by atoms with van der Waals surface area (Å²) < 4.78 is 5.64. The summed E-state index contributed by atoms with van der Waals surface area (Å²) in [5.41, 5.74) is 6.20. The van der Waals surface area contributed by atoms with E-state index in [4.69, 9.17) is 10.5 Å². The first-order valence-corrected chi connectivity index (χ1v) is 8.69. The lowest BCUT2D eigenvalue weighted by molar-refractivity contribution is -0.124. The third-order valence-corrected chi connectivity index (χ3v) is 4.77. The summed E-state index contributed by atoms with van der Waals surface area (Å²) in [6, 6.07) is 7.92. The van der Waals surface area contributed by atoms with Crippen LogP contribution < -0.4 is 15.8 Å². The van der Waals surface area contributed by atoms with Crippen LogP contribution in [0, 0.1) is 0 Å². The third kappa shape index (κ3) is 4.71. The summed E-state index contributed by atoms with van der Waals surface area (Å²) in [4.78, 5) is 11.7. The Morgan fingerprint density at radius 2 is 1.88 bits per heavy atom. The first kappa shape index (κ1) is 18.7. The van der Waals surface area contributed by atoms with Crippen molar-refractivity contribution in [1.29, 1.82) is 0 Å². The number of aliphatic hydroxyl groups is 1. The lowest BCUT2D eigenvalue weighted by atomic mass is 9.87. The second-order valence-corrected chi connectivity index (χ2v) is 7.77. The van der Waals surface area contributed by atoms with Crippen LogP contribution in [-0.2, 0) is 10.2 Å². The Kier molecular flexibility index (Phi) is 5.88. The maximum absolute atomic E-state index is 11.7. The summed E-state index contributed by atoms with van der Waals surface area (Å²) >= 11 is 0. The van der Waals surface area contributed by atoms with E-state index in [0.717, 1.165) is 31.4 Å². The average molecular weight is 334 g/mol. The van der Waals surface area contributed by atoms with Crippen molar-refractivity contribution in [2.24, 2.45) is 5.73 Å². The first-order valence-electron chi connectivity index (χ1n) is 8.69. The van der Waals surface area contributed by atoms with Gasteiger partial charge in [-0.25, -0.2) is 0 Å². The van der Waals surface area contributed by atoms with Crippen LogP contribution in [0.5, 0.6) is 5.75 Å². The van der Waals surface area contributed by atoms with Crippen molar-refractivity contribution >= 4 is 5.91 Å². The Hall–Kier alpha value is -1.59. The van der Waals surface area contributed by atoms with Gasteiger partial charge in [-0.2, -0.15) is 0 Å². The molecule has 0 bridgehead atoms. The third-order valence-electron chi connectivity index (χ3n) is 4.77. The Balaban J connectivity index is 1.81. The molecular formula is C19H30N2O3. The molecule has 1 aliphatic rings. The number of hydrogen-bond acceptors (Lipinski definition) is 4. The molecule has 0 radical (unpaired) electrons. The molecule has 0 heterocycles. The standard InChI is InChI=1S/C19H30N2O3/c1-18(2,3)14-6-8-16(9-7-14)24-13-15(22)12-21-19(17(20)23)10-4-5-11-19/h6-9,15,21-22H,4-5,10-13H2,1-3H3,(H2,20,23). The molecule has 0 aliphatic heterocycles. The molecule has 1 aliphatic carbocycles. The van der Waals surface area contributed by atoms with Crippen molar-refractivity contribution in [3.63, 3.8) is 0 Å². The van der Waals surface area contributed by atoms with E-state index in [1.807, 2.05) is 24.3 Å². The van der Waals surface area contributed by atoms with Gasteiger partial charge in [-0.3, -0.25) is 4.79 Å². The number of rotatable bonds is 7. The van der Waals surface area contributed by atoms with Gasteiger partial charge >= 0.3 is 0 Å². The topological polar surface area (TPSA) is 84.6 Å². The Labute approximate surface area is 144 Å². The molecule has 0 aromatic heterocycles. The van der Waals surface area contributed by atoms with E-state index in [1.165, 1.54) is 5.56 Å². The van der Waals surface area contributed by atoms with E-state index >= 15 is 0 Å². The van der Waals surface area contributed by atoms with E-state index in [2.05, 4.69) is 26.1 Å². The van der Waals surface area contributed by atoms with Gasteiger partial charge in [0.05, 0.1) is 5.54 Å². The van der Waals surface area contributed by atoms with Crippen LogP contribution in [0.3, 0.4) is 0 Å². The molecule has 2 rings (SSSR count). The minimum Gasteiger partial charge on any atom is -0.491 e. The van der Waals surface area contributed by atoms with Crippen LogP contribution in [0.4, 0.5) is 0 Å². The van der Waals surface area contributed by atoms with Gasteiger partial charge in [0.1, 0.15) is 18.5 Å². The van der Waals surface area contributed by atoms with E-state index in [0.29, 0.717) is 6.54 Å². The number of ether oxygens (including phenoxy) is 1. The molecule has 134 valence electrons. The van der Waals surface area contributed by atoms with Crippen molar-refractivity contribution in [2.75, 3.05) is 13.2 Å². The summed E-state index contributed by atoms with van der Waals surface area (Å²) in [5.74, 6) is 0.401. The van der Waals surface area contributed by atoms with Crippen molar-refractivity contribution in [3.05, 3.63) is 29.8 Å².